The van der Waals surface area contributed by atoms with Gasteiger partial charge in [-0.15, -0.1) is 0 Å². The van der Waals surface area contributed by atoms with Gasteiger partial charge in [-0.3, -0.25) is 9.59 Å². The molecule has 0 bridgehead atoms. The van der Waals surface area contributed by atoms with E-state index >= 15 is 0 Å². The highest BCUT2D eigenvalue weighted by atomic mass is 16.5. The number of nitrogens with one attached hydrogen (secondary N) is 1. The van der Waals surface area contributed by atoms with Crippen molar-refractivity contribution in [1.29, 1.82) is 0 Å². The molecule has 0 unspecified atom stereocenters. The second-order valence-corrected chi connectivity index (χ2v) is 9.06. The molecule has 2 aliphatic rings. The zero-order valence-corrected chi connectivity index (χ0v) is 18.8. The molecule has 4 rings (SSSR count). The maximum Gasteiger partial charge on any atom is 0.260 e. The van der Waals surface area contributed by atoms with E-state index < -0.39 is 0 Å². The van der Waals surface area contributed by atoms with Crippen molar-refractivity contribution in [3.05, 3.63) is 65.7 Å². The molecule has 0 radical (unpaired) electrons. The summed E-state index contributed by atoms with van der Waals surface area (Å²) in [4.78, 5) is 27.1. The van der Waals surface area contributed by atoms with E-state index in [0.717, 1.165) is 43.4 Å². The molecule has 32 heavy (non-hydrogen) atoms. The fraction of sp³-hybridized carbons (Fsp3) is 0.481. The summed E-state index contributed by atoms with van der Waals surface area (Å²) in [5.41, 5.74) is 2.29. The standard InChI is InChI=1S/C27H34N2O3/c30-26(20-32-25-14-8-7-13-23(25)19-21-9-3-1-4-10-21)29-17-15-24(16-18-29)28-27(31)22-11-5-2-6-12-22/h1,3-4,7-10,13-14,22,24H,2,5-6,11-12,15-20H2,(H,28,31). The molecular weight excluding hydrogens is 400 g/mol. The molecule has 2 aromatic rings. The Morgan fingerprint density at radius 3 is 2.31 bits per heavy atom. The summed E-state index contributed by atoms with van der Waals surface area (Å²) in [5.74, 6) is 1.18. The van der Waals surface area contributed by atoms with Crippen molar-refractivity contribution in [1.82, 2.24) is 10.2 Å². The van der Waals surface area contributed by atoms with Gasteiger partial charge in [0.15, 0.2) is 6.61 Å². The van der Waals surface area contributed by atoms with Gasteiger partial charge in [-0.1, -0.05) is 67.8 Å². The summed E-state index contributed by atoms with van der Waals surface area (Å²) < 4.78 is 5.93. The van der Waals surface area contributed by atoms with Crippen LogP contribution in [0.3, 0.4) is 0 Å². The maximum atomic E-state index is 12.7. The normalized spacial score (nSPS) is 17.7. The number of likely N-dealkylation sites (tertiary alicyclic amines) is 1. The smallest absolute Gasteiger partial charge is 0.260 e. The van der Waals surface area contributed by atoms with Gasteiger partial charge >= 0.3 is 0 Å². The molecule has 5 heteroatoms. The molecule has 1 saturated carbocycles. The first-order chi connectivity index (χ1) is 15.7. The van der Waals surface area contributed by atoms with E-state index in [0.29, 0.717) is 13.1 Å². The SMILES string of the molecule is O=C(NC1CCN(C(=O)COc2ccccc2Cc2ccccc2)CC1)C1CCCCC1. The summed E-state index contributed by atoms with van der Waals surface area (Å²) in [5, 5.41) is 3.23. The van der Waals surface area contributed by atoms with Crippen LogP contribution in [0.25, 0.3) is 0 Å². The summed E-state index contributed by atoms with van der Waals surface area (Å²) >= 11 is 0. The number of carbonyl (C=O) groups excluding carboxylic acids is 2. The van der Waals surface area contributed by atoms with Crippen LogP contribution >= 0.6 is 0 Å². The van der Waals surface area contributed by atoms with Gasteiger partial charge < -0.3 is 15.0 Å². The Bertz CT molecular complexity index is 885. The van der Waals surface area contributed by atoms with E-state index in [9.17, 15) is 9.59 Å². The Morgan fingerprint density at radius 2 is 1.56 bits per heavy atom. The second-order valence-electron chi connectivity index (χ2n) is 9.06. The van der Waals surface area contributed by atoms with E-state index in [4.69, 9.17) is 4.74 Å². The summed E-state index contributed by atoms with van der Waals surface area (Å²) in [6, 6.07) is 18.4. The highest BCUT2D eigenvalue weighted by molar-refractivity contribution is 5.79. The van der Waals surface area contributed by atoms with Crippen molar-refractivity contribution in [2.45, 2.75) is 57.4 Å². The first kappa shape index (κ1) is 22.4. The van der Waals surface area contributed by atoms with Crippen molar-refractivity contribution in [2.24, 2.45) is 5.92 Å². The second kappa shape index (κ2) is 11.2. The molecule has 0 spiro atoms. The molecule has 1 heterocycles. The van der Waals surface area contributed by atoms with Gasteiger partial charge in [0, 0.05) is 31.5 Å². The fourth-order valence-electron chi connectivity index (χ4n) is 4.79. The number of carbonyl (C=O) groups is 2. The minimum absolute atomic E-state index is 0.0107. The Balaban J connectivity index is 1.23. The molecule has 2 aromatic carbocycles. The molecule has 0 atom stereocenters. The molecular formula is C27H34N2O3. The first-order valence-electron chi connectivity index (χ1n) is 12.0. The van der Waals surface area contributed by atoms with Crippen LogP contribution in [0, 0.1) is 5.92 Å². The van der Waals surface area contributed by atoms with Crippen molar-refractivity contribution in [3.63, 3.8) is 0 Å². The third-order valence-corrected chi connectivity index (χ3v) is 6.73. The van der Waals surface area contributed by atoms with E-state index in [1.54, 1.807) is 0 Å². The molecule has 170 valence electrons. The number of hydrogen-bond acceptors (Lipinski definition) is 3. The van der Waals surface area contributed by atoms with Crippen LogP contribution in [0.2, 0.25) is 0 Å². The average molecular weight is 435 g/mol. The highest BCUT2D eigenvalue weighted by Gasteiger charge is 2.27. The zero-order valence-electron chi connectivity index (χ0n) is 18.8. The lowest BCUT2D eigenvalue weighted by atomic mass is 9.88. The van der Waals surface area contributed by atoms with Gasteiger partial charge in [-0.25, -0.2) is 0 Å². The van der Waals surface area contributed by atoms with Crippen molar-refractivity contribution < 1.29 is 14.3 Å². The average Bonchev–Trinajstić information content (AvgIpc) is 2.85. The summed E-state index contributed by atoms with van der Waals surface area (Å²) in [7, 11) is 0. The van der Waals surface area contributed by atoms with E-state index in [-0.39, 0.29) is 30.4 Å². The molecule has 1 N–H and O–H groups in total. The number of hydrogen-bond donors (Lipinski definition) is 1. The maximum absolute atomic E-state index is 12.7. The van der Waals surface area contributed by atoms with Gasteiger partial charge in [0.1, 0.15) is 5.75 Å². The Morgan fingerprint density at radius 1 is 0.875 bits per heavy atom. The number of nitrogens with zero attached hydrogens (tertiary/aromatic N) is 1. The predicted molar refractivity (Wildman–Crippen MR) is 126 cm³/mol. The third-order valence-electron chi connectivity index (χ3n) is 6.73. The first-order valence-corrected chi connectivity index (χ1v) is 12.0. The zero-order chi connectivity index (χ0) is 22.2. The number of benzene rings is 2. The lowest BCUT2D eigenvalue weighted by Gasteiger charge is -2.33. The van der Waals surface area contributed by atoms with Crippen LogP contribution in [-0.4, -0.2) is 42.5 Å². The molecule has 1 saturated heterocycles. The fourth-order valence-corrected chi connectivity index (χ4v) is 4.79. The van der Waals surface area contributed by atoms with Crippen LogP contribution in [0.15, 0.2) is 54.6 Å². The molecule has 1 aliphatic carbocycles. The van der Waals surface area contributed by atoms with Crippen LogP contribution in [0.1, 0.15) is 56.1 Å². The van der Waals surface area contributed by atoms with E-state index in [1.807, 2.05) is 47.4 Å². The van der Waals surface area contributed by atoms with Crippen molar-refractivity contribution in [2.75, 3.05) is 19.7 Å². The van der Waals surface area contributed by atoms with Gasteiger partial charge in [0.2, 0.25) is 5.91 Å². The Kier molecular flexibility index (Phi) is 7.81. The minimum Gasteiger partial charge on any atom is -0.483 e. The quantitative estimate of drug-likeness (QED) is 0.705. The number of para-hydroxylation sites is 1. The van der Waals surface area contributed by atoms with Crippen LogP contribution in [0.4, 0.5) is 0 Å². The molecule has 2 amide bonds. The predicted octanol–water partition coefficient (Wildman–Crippen LogP) is 4.34. The highest BCUT2D eigenvalue weighted by Crippen LogP contribution is 2.25. The summed E-state index contributed by atoms with van der Waals surface area (Å²) in [6.45, 7) is 1.39. The van der Waals surface area contributed by atoms with Gasteiger partial charge in [0.05, 0.1) is 0 Å². The number of ether oxygens (including phenoxy) is 1. The lowest BCUT2D eigenvalue weighted by Crippen LogP contribution is -2.48. The third kappa shape index (κ3) is 6.12. The topological polar surface area (TPSA) is 58.6 Å². The number of rotatable bonds is 7. The van der Waals surface area contributed by atoms with Gasteiger partial charge in [0.25, 0.3) is 5.91 Å². The van der Waals surface area contributed by atoms with E-state index in [1.165, 1.54) is 24.8 Å². The number of piperidine rings is 1. The van der Waals surface area contributed by atoms with Crippen LogP contribution in [0.5, 0.6) is 5.75 Å². The molecule has 1 aliphatic heterocycles. The molecule has 0 aromatic heterocycles. The van der Waals surface area contributed by atoms with Gasteiger partial charge in [-0.05, 0) is 42.9 Å². The number of amides is 2. The van der Waals surface area contributed by atoms with Gasteiger partial charge in [-0.2, -0.15) is 0 Å². The minimum atomic E-state index is 0.0107. The van der Waals surface area contributed by atoms with Crippen LogP contribution < -0.4 is 10.1 Å². The van der Waals surface area contributed by atoms with E-state index in [2.05, 4.69) is 17.4 Å². The lowest BCUT2D eigenvalue weighted by molar-refractivity contribution is -0.134. The molecule has 5 nitrogen and oxygen atoms in total. The molecule has 2 fully saturated rings. The largest absolute Gasteiger partial charge is 0.483 e. The Hall–Kier alpha value is -2.82. The van der Waals surface area contributed by atoms with Crippen LogP contribution in [-0.2, 0) is 16.0 Å². The van der Waals surface area contributed by atoms with Crippen molar-refractivity contribution >= 4 is 11.8 Å². The Labute approximate surface area is 191 Å². The summed E-state index contributed by atoms with van der Waals surface area (Å²) in [6.07, 6.45) is 8.03. The van der Waals surface area contributed by atoms with Crippen molar-refractivity contribution in [3.8, 4) is 5.75 Å². The monoisotopic (exact) mass is 434 g/mol.